The summed E-state index contributed by atoms with van der Waals surface area (Å²) in [5.74, 6) is -0.896. The number of anilines is 1. The van der Waals surface area contributed by atoms with Crippen LogP contribution in [-0.4, -0.2) is 47.1 Å². The quantitative estimate of drug-likeness (QED) is 0.180. The van der Waals surface area contributed by atoms with Crippen LogP contribution in [0.5, 0.6) is 0 Å². The van der Waals surface area contributed by atoms with Crippen molar-refractivity contribution in [3.8, 4) is 11.1 Å². The van der Waals surface area contributed by atoms with Crippen LogP contribution >= 0.6 is 11.3 Å². The number of carbonyl (C=O) groups excluding carboxylic acids is 2. The number of allylic oxidation sites excluding steroid dienone is 1. The number of nitro groups is 1. The highest BCUT2D eigenvalue weighted by Gasteiger charge is 2.58. The highest BCUT2D eigenvalue weighted by atomic mass is 32.1. The minimum atomic E-state index is -1.22. The Hall–Kier alpha value is -4.25. The monoisotopic (exact) mass is 550 g/mol. The van der Waals surface area contributed by atoms with Crippen LogP contribution in [0.2, 0.25) is 0 Å². The van der Waals surface area contributed by atoms with Gasteiger partial charge in [0.1, 0.15) is 5.41 Å². The second-order valence-corrected chi connectivity index (χ2v) is 9.88. The Morgan fingerprint density at radius 1 is 1.15 bits per heavy atom. The van der Waals surface area contributed by atoms with Crippen molar-refractivity contribution in [1.29, 1.82) is 0 Å². The first-order chi connectivity index (χ1) is 18.7. The molecule has 2 aromatic rings. The maximum atomic E-state index is 13.6. The standard InChI is InChI=1S/C22H27N3O4S.C6H3NO2/c1-5-28-19(26)17-14(3)24-15(4)22(20(27)29-6-2,16-10-8-7-9-11-16)18(17)25-21-23-12-13-30-21;8-7(9)6-2-1-4-3-5(4)6/h7-13,15,18,24H,5-6H2,1-4H3,(H,23,25);1-3H. The molecule has 1 aromatic heterocycles. The summed E-state index contributed by atoms with van der Waals surface area (Å²) in [7, 11) is 0. The molecule has 0 fully saturated rings. The largest absolute Gasteiger partial charge is 0.465 e. The highest BCUT2D eigenvalue weighted by molar-refractivity contribution is 7.13. The van der Waals surface area contributed by atoms with Gasteiger partial charge in [-0.1, -0.05) is 30.3 Å². The molecule has 0 radical (unpaired) electrons. The first kappa shape index (κ1) is 27.8. The number of hydrogen-bond acceptors (Lipinski definition) is 10. The minimum Gasteiger partial charge on any atom is -0.465 e. The summed E-state index contributed by atoms with van der Waals surface area (Å²) in [5.41, 5.74) is 2.61. The number of rotatable bonds is 8. The Labute approximate surface area is 230 Å². The van der Waals surface area contributed by atoms with E-state index in [4.69, 9.17) is 9.47 Å². The molecule has 0 spiro atoms. The summed E-state index contributed by atoms with van der Waals surface area (Å²) >= 11 is 1.40. The Kier molecular flexibility index (Phi) is 8.29. The SMILES string of the molecule is CCOC(=O)C1=C(C)NC(C)C(C(=O)OCC)(c2ccccc2)C1Nc1nccs1.O=[N+]([O-])c1ccc2cc1-2. The number of hydrogen-bond donors (Lipinski definition) is 2. The van der Waals surface area contributed by atoms with Crippen molar-refractivity contribution in [3.63, 3.8) is 0 Å². The predicted molar refractivity (Wildman–Crippen MR) is 148 cm³/mol. The molecule has 0 saturated heterocycles. The first-order valence-corrected chi connectivity index (χ1v) is 13.5. The fourth-order valence-electron chi connectivity index (χ4n) is 4.98. The number of nitrogens with one attached hydrogen (secondary N) is 2. The maximum Gasteiger partial charge on any atom is 0.337 e. The van der Waals surface area contributed by atoms with Crippen molar-refractivity contribution in [2.24, 2.45) is 0 Å². The molecule has 5 rings (SSSR count). The maximum absolute atomic E-state index is 13.6. The number of thiazole rings is 1. The molecule has 2 aliphatic carbocycles. The zero-order valence-electron chi connectivity index (χ0n) is 22.1. The van der Waals surface area contributed by atoms with Gasteiger partial charge < -0.3 is 20.1 Å². The van der Waals surface area contributed by atoms with Crippen molar-refractivity contribution in [3.05, 3.63) is 87.1 Å². The molecule has 0 amide bonds. The molecule has 2 N–H and O–H groups in total. The minimum absolute atomic E-state index is 0.224. The Morgan fingerprint density at radius 2 is 1.87 bits per heavy atom. The normalized spacial score (nSPS) is 20.6. The summed E-state index contributed by atoms with van der Waals surface area (Å²) in [4.78, 5) is 40.7. The van der Waals surface area contributed by atoms with Gasteiger partial charge in [-0.2, -0.15) is 0 Å². The van der Waals surface area contributed by atoms with Gasteiger partial charge in [0.15, 0.2) is 5.13 Å². The molecule has 0 bridgehead atoms. The van der Waals surface area contributed by atoms with Gasteiger partial charge in [0.2, 0.25) is 0 Å². The van der Waals surface area contributed by atoms with Crippen LogP contribution < -0.4 is 10.6 Å². The van der Waals surface area contributed by atoms with E-state index in [0.29, 0.717) is 16.4 Å². The summed E-state index contributed by atoms with van der Waals surface area (Å²) in [5, 5.41) is 19.2. The molecule has 3 unspecified atom stereocenters. The zero-order chi connectivity index (χ0) is 28.2. The van der Waals surface area contributed by atoms with Crippen molar-refractivity contribution < 1.29 is 24.0 Å². The van der Waals surface area contributed by atoms with Crippen LogP contribution in [0.4, 0.5) is 10.8 Å². The van der Waals surface area contributed by atoms with E-state index in [2.05, 4.69) is 15.6 Å². The Balaban J connectivity index is 0.000000327. The van der Waals surface area contributed by atoms with Crippen molar-refractivity contribution in [1.82, 2.24) is 10.3 Å². The molecule has 204 valence electrons. The topological polar surface area (TPSA) is 133 Å². The molecule has 1 aliphatic heterocycles. The Bertz CT molecular complexity index is 1390. The van der Waals surface area contributed by atoms with Gasteiger partial charge in [-0.05, 0) is 51.0 Å². The molecule has 39 heavy (non-hydrogen) atoms. The van der Waals surface area contributed by atoms with Gasteiger partial charge in [0.05, 0.1) is 35.3 Å². The van der Waals surface area contributed by atoms with Crippen molar-refractivity contribution in [2.75, 3.05) is 18.5 Å². The number of ether oxygens (including phenoxy) is 2. The van der Waals surface area contributed by atoms with E-state index in [-0.39, 0.29) is 29.9 Å². The first-order valence-electron chi connectivity index (χ1n) is 12.6. The number of nitrogens with zero attached hydrogens (tertiary/aromatic N) is 2. The molecular formula is C28H30N4O6S. The predicted octanol–water partition coefficient (Wildman–Crippen LogP) is 4.83. The third-order valence-corrected chi connectivity index (χ3v) is 7.45. The number of benzene rings is 2. The number of fused-ring (bicyclic) bond motifs is 1. The molecular weight excluding hydrogens is 520 g/mol. The van der Waals surface area contributed by atoms with Gasteiger partial charge in [-0.3, -0.25) is 14.9 Å². The molecule has 1 aromatic carbocycles. The summed E-state index contributed by atoms with van der Waals surface area (Å²) < 4.78 is 10.9. The molecule has 10 nitrogen and oxygen atoms in total. The molecule has 2 heterocycles. The van der Waals surface area contributed by atoms with E-state index in [1.807, 2.05) is 49.6 Å². The summed E-state index contributed by atoms with van der Waals surface area (Å²) in [6, 6.07) is 13.4. The molecule has 3 aliphatic rings. The molecule has 3 atom stereocenters. The zero-order valence-corrected chi connectivity index (χ0v) is 22.9. The lowest BCUT2D eigenvalue weighted by atomic mass is 9.64. The van der Waals surface area contributed by atoms with Crippen LogP contribution in [0, 0.1) is 10.1 Å². The second kappa shape index (κ2) is 11.6. The van der Waals surface area contributed by atoms with E-state index < -0.39 is 23.4 Å². The average molecular weight is 551 g/mol. The van der Waals surface area contributed by atoms with E-state index in [0.717, 1.165) is 16.7 Å². The lowest BCUT2D eigenvalue weighted by Gasteiger charge is -2.48. The van der Waals surface area contributed by atoms with Gasteiger partial charge >= 0.3 is 11.9 Å². The fraction of sp³-hybridized carbons (Fsp3) is 0.321. The molecule has 0 saturated carbocycles. The summed E-state index contributed by atoms with van der Waals surface area (Å²) in [6.07, 6.45) is 1.67. The lowest BCUT2D eigenvalue weighted by molar-refractivity contribution is -0.383. The smallest absolute Gasteiger partial charge is 0.337 e. The van der Waals surface area contributed by atoms with Crippen LogP contribution in [0.1, 0.15) is 33.3 Å². The highest BCUT2D eigenvalue weighted by Crippen LogP contribution is 2.43. The number of carbonyl (C=O) groups is 2. The molecule has 11 heteroatoms. The van der Waals surface area contributed by atoms with Crippen LogP contribution in [0.15, 0.2) is 71.4 Å². The van der Waals surface area contributed by atoms with E-state index in [1.54, 1.807) is 32.2 Å². The van der Waals surface area contributed by atoms with Gasteiger partial charge in [0.25, 0.3) is 5.69 Å². The van der Waals surface area contributed by atoms with Crippen LogP contribution in [0.25, 0.3) is 11.1 Å². The van der Waals surface area contributed by atoms with Gasteiger partial charge in [0, 0.05) is 29.4 Å². The van der Waals surface area contributed by atoms with Gasteiger partial charge in [-0.25, -0.2) is 9.78 Å². The van der Waals surface area contributed by atoms with Crippen LogP contribution in [-0.2, 0) is 24.5 Å². The van der Waals surface area contributed by atoms with Crippen LogP contribution in [0.3, 0.4) is 0 Å². The third kappa shape index (κ3) is 5.35. The van der Waals surface area contributed by atoms with E-state index >= 15 is 0 Å². The van der Waals surface area contributed by atoms with Gasteiger partial charge in [-0.15, -0.1) is 11.3 Å². The average Bonchev–Trinajstić information content (AvgIpc) is 3.27. The fourth-order valence-corrected chi connectivity index (χ4v) is 5.54. The van der Waals surface area contributed by atoms with E-state index in [1.165, 1.54) is 17.4 Å². The number of esters is 2. The third-order valence-electron chi connectivity index (χ3n) is 6.75. The number of aromatic nitrogens is 1. The Morgan fingerprint density at radius 3 is 2.38 bits per heavy atom. The van der Waals surface area contributed by atoms with E-state index in [9.17, 15) is 19.7 Å². The number of nitro benzene ring substituents is 1. The summed E-state index contributed by atoms with van der Waals surface area (Å²) in [6.45, 7) is 7.72. The second-order valence-electron chi connectivity index (χ2n) is 8.98. The van der Waals surface area contributed by atoms with Crippen molar-refractivity contribution >= 4 is 34.1 Å². The van der Waals surface area contributed by atoms with Crippen molar-refractivity contribution in [2.45, 2.75) is 45.2 Å². The lowest BCUT2D eigenvalue weighted by Crippen LogP contribution is -2.66.